The molecule has 58 valence electrons. The van der Waals surface area contributed by atoms with Gasteiger partial charge in [-0.3, -0.25) is 0 Å². The largest absolute Gasteiger partial charge is 0.352 e. The van der Waals surface area contributed by atoms with E-state index in [1.807, 2.05) is 18.2 Å². The van der Waals surface area contributed by atoms with Crippen molar-refractivity contribution in [1.82, 2.24) is 0 Å². The van der Waals surface area contributed by atoms with Crippen LogP contribution in [0, 0.1) is 0 Å². The van der Waals surface area contributed by atoms with Crippen molar-refractivity contribution in [3.8, 4) is 0 Å². The summed E-state index contributed by atoms with van der Waals surface area (Å²) in [4.78, 5) is 0. The summed E-state index contributed by atoms with van der Waals surface area (Å²) < 4.78 is 10.5. The summed E-state index contributed by atoms with van der Waals surface area (Å²) in [6, 6.07) is 8.12. The van der Waals surface area contributed by atoms with Crippen molar-refractivity contribution in [3.63, 3.8) is 0 Å². The van der Waals surface area contributed by atoms with Gasteiger partial charge in [0.15, 0.2) is 6.29 Å². The molecule has 0 aliphatic carbocycles. The summed E-state index contributed by atoms with van der Waals surface area (Å²) in [7, 11) is 1.66. The number of hydrogen-bond donors (Lipinski definition) is 0. The number of hydrogen-bond acceptors (Lipinski definition) is 2. The number of methoxy groups -OCH3 is 1. The summed E-state index contributed by atoms with van der Waals surface area (Å²) in [6.07, 6.45) is -0.147. The first-order valence-electron chi connectivity index (χ1n) is 3.64. The molecular weight excluding hydrogens is 140 g/mol. The Balaban J connectivity index is 2.39. The van der Waals surface area contributed by atoms with Crippen LogP contribution in [-0.2, 0) is 16.1 Å². The van der Waals surface area contributed by atoms with Crippen LogP contribution in [0.2, 0.25) is 0 Å². The monoisotopic (exact) mass is 150 g/mol. The SMILES string of the molecule is CO[C@H]1OCc2ccccc21. The van der Waals surface area contributed by atoms with E-state index in [1.165, 1.54) is 5.56 Å². The number of fused-ring (bicyclic) bond motifs is 1. The lowest BCUT2D eigenvalue weighted by Crippen LogP contribution is -1.96. The molecule has 2 heteroatoms. The highest BCUT2D eigenvalue weighted by atomic mass is 16.7. The second-order valence-electron chi connectivity index (χ2n) is 2.58. The van der Waals surface area contributed by atoms with Crippen molar-refractivity contribution in [2.24, 2.45) is 0 Å². The van der Waals surface area contributed by atoms with Crippen LogP contribution in [0.1, 0.15) is 17.4 Å². The summed E-state index contributed by atoms with van der Waals surface area (Å²) in [5, 5.41) is 0. The van der Waals surface area contributed by atoms with Gasteiger partial charge in [0.2, 0.25) is 0 Å². The van der Waals surface area contributed by atoms with E-state index in [4.69, 9.17) is 9.47 Å². The third kappa shape index (κ3) is 1.04. The molecule has 1 aliphatic rings. The predicted molar refractivity (Wildman–Crippen MR) is 41.0 cm³/mol. The van der Waals surface area contributed by atoms with E-state index in [9.17, 15) is 0 Å². The molecule has 0 N–H and O–H groups in total. The van der Waals surface area contributed by atoms with Gasteiger partial charge in [-0.05, 0) is 5.56 Å². The van der Waals surface area contributed by atoms with Crippen LogP contribution in [0.25, 0.3) is 0 Å². The zero-order valence-electron chi connectivity index (χ0n) is 6.41. The fourth-order valence-electron chi connectivity index (χ4n) is 1.35. The molecule has 1 atom stereocenters. The minimum atomic E-state index is -0.147. The van der Waals surface area contributed by atoms with Crippen LogP contribution < -0.4 is 0 Å². The Morgan fingerprint density at radius 3 is 3.09 bits per heavy atom. The van der Waals surface area contributed by atoms with Crippen LogP contribution >= 0.6 is 0 Å². The van der Waals surface area contributed by atoms with E-state index >= 15 is 0 Å². The quantitative estimate of drug-likeness (QED) is 0.608. The molecule has 0 aromatic heterocycles. The van der Waals surface area contributed by atoms with E-state index in [-0.39, 0.29) is 6.29 Å². The first-order valence-corrected chi connectivity index (χ1v) is 3.64. The molecule has 11 heavy (non-hydrogen) atoms. The molecule has 1 aromatic carbocycles. The third-order valence-electron chi connectivity index (χ3n) is 1.91. The van der Waals surface area contributed by atoms with Crippen molar-refractivity contribution in [2.45, 2.75) is 12.9 Å². The second-order valence-corrected chi connectivity index (χ2v) is 2.58. The van der Waals surface area contributed by atoms with Crippen molar-refractivity contribution in [2.75, 3.05) is 7.11 Å². The Morgan fingerprint density at radius 2 is 2.27 bits per heavy atom. The fourth-order valence-corrected chi connectivity index (χ4v) is 1.35. The first-order chi connectivity index (χ1) is 5.42. The lowest BCUT2D eigenvalue weighted by Gasteiger charge is -2.06. The lowest BCUT2D eigenvalue weighted by molar-refractivity contribution is -0.118. The fraction of sp³-hybridized carbons (Fsp3) is 0.333. The standard InChI is InChI=1S/C9H10O2/c1-10-9-8-5-3-2-4-7(8)6-11-9/h2-5,9H,6H2,1H3/t9-/m0/s1. The molecule has 1 heterocycles. The van der Waals surface area contributed by atoms with Gasteiger partial charge in [0, 0.05) is 12.7 Å². The molecular formula is C9H10O2. The molecule has 0 amide bonds. The van der Waals surface area contributed by atoms with E-state index in [2.05, 4.69) is 6.07 Å². The zero-order valence-corrected chi connectivity index (χ0v) is 6.41. The lowest BCUT2D eigenvalue weighted by atomic mass is 10.1. The average molecular weight is 150 g/mol. The Kier molecular flexibility index (Phi) is 1.64. The van der Waals surface area contributed by atoms with Crippen molar-refractivity contribution >= 4 is 0 Å². The van der Waals surface area contributed by atoms with Crippen LogP contribution in [0.3, 0.4) is 0 Å². The van der Waals surface area contributed by atoms with E-state index < -0.39 is 0 Å². The zero-order chi connectivity index (χ0) is 7.68. The molecule has 1 aromatic rings. The van der Waals surface area contributed by atoms with Gasteiger partial charge in [-0.2, -0.15) is 0 Å². The minimum Gasteiger partial charge on any atom is -0.352 e. The molecule has 0 saturated heterocycles. The van der Waals surface area contributed by atoms with Gasteiger partial charge in [-0.1, -0.05) is 24.3 Å². The topological polar surface area (TPSA) is 18.5 Å². The van der Waals surface area contributed by atoms with Crippen LogP contribution in [0.5, 0.6) is 0 Å². The van der Waals surface area contributed by atoms with E-state index in [0.29, 0.717) is 6.61 Å². The minimum absolute atomic E-state index is 0.147. The van der Waals surface area contributed by atoms with E-state index in [0.717, 1.165) is 5.56 Å². The molecule has 1 aliphatic heterocycles. The Hall–Kier alpha value is -0.860. The van der Waals surface area contributed by atoms with Crippen LogP contribution in [-0.4, -0.2) is 7.11 Å². The number of benzene rings is 1. The van der Waals surface area contributed by atoms with Crippen molar-refractivity contribution in [3.05, 3.63) is 35.4 Å². The highest BCUT2D eigenvalue weighted by Crippen LogP contribution is 2.29. The molecule has 2 rings (SSSR count). The Bertz CT molecular complexity index is 257. The van der Waals surface area contributed by atoms with Gasteiger partial charge in [0.1, 0.15) is 0 Å². The second kappa shape index (κ2) is 2.64. The maximum Gasteiger partial charge on any atom is 0.184 e. The average Bonchev–Trinajstić information content (AvgIpc) is 2.47. The molecule has 0 spiro atoms. The summed E-state index contributed by atoms with van der Waals surface area (Å²) in [5.41, 5.74) is 2.40. The smallest absolute Gasteiger partial charge is 0.184 e. The van der Waals surface area contributed by atoms with Crippen LogP contribution in [0.4, 0.5) is 0 Å². The normalized spacial score (nSPS) is 21.7. The Labute approximate surface area is 65.7 Å². The first kappa shape index (κ1) is 6.83. The molecule has 0 fully saturated rings. The molecule has 0 radical (unpaired) electrons. The van der Waals surface area contributed by atoms with E-state index in [1.54, 1.807) is 7.11 Å². The predicted octanol–water partition coefficient (Wildman–Crippen LogP) is 1.86. The summed E-state index contributed by atoms with van der Waals surface area (Å²) in [5.74, 6) is 0. The Morgan fingerprint density at radius 1 is 1.45 bits per heavy atom. The molecule has 2 nitrogen and oxygen atoms in total. The highest BCUT2D eigenvalue weighted by Gasteiger charge is 2.21. The summed E-state index contributed by atoms with van der Waals surface area (Å²) >= 11 is 0. The highest BCUT2D eigenvalue weighted by molar-refractivity contribution is 5.29. The number of rotatable bonds is 1. The maximum absolute atomic E-state index is 5.35. The van der Waals surface area contributed by atoms with Crippen LogP contribution in [0.15, 0.2) is 24.3 Å². The van der Waals surface area contributed by atoms with Gasteiger partial charge in [0.05, 0.1) is 6.61 Å². The van der Waals surface area contributed by atoms with Crippen molar-refractivity contribution < 1.29 is 9.47 Å². The number of ether oxygens (including phenoxy) is 2. The van der Waals surface area contributed by atoms with Gasteiger partial charge < -0.3 is 9.47 Å². The van der Waals surface area contributed by atoms with Gasteiger partial charge in [-0.25, -0.2) is 0 Å². The van der Waals surface area contributed by atoms with Gasteiger partial charge >= 0.3 is 0 Å². The summed E-state index contributed by atoms with van der Waals surface area (Å²) in [6.45, 7) is 0.675. The third-order valence-corrected chi connectivity index (χ3v) is 1.91. The molecule has 0 saturated carbocycles. The molecule has 0 bridgehead atoms. The van der Waals surface area contributed by atoms with Gasteiger partial charge in [-0.15, -0.1) is 0 Å². The van der Waals surface area contributed by atoms with Gasteiger partial charge in [0.25, 0.3) is 0 Å². The van der Waals surface area contributed by atoms with Crippen molar-refractivity contribution in [1.29, 1.82) is 0 Å². The molecule has 0 unspecified atom stereocenters. The maximum atomic E-state index is 5.35.